The number of ether oxygens (including phenoxy) is 1. The van der Waals surface area contributed by atoms with Crippen LogP contribution in [0.3, 0.4) is 0 Å². The van der Waals surface area contributed by atoms with Crippen molar-refractivity contribution in [2.24, 2.45) is 5.92 Å². The van der Waals surface area contributed by atoms with Crippen LogP contribution in [0.25, 0.3) is 5.57 Å². The van der Waals surface area contributed by atoms with E-state index in [0.717, 1.165) is 30.5 Å². The molecule has 0 radical (unpaired) electrons. The van der Waals surface area contributed by atoms with Crippen molar-refractivity contribution in [1.82, 2.24) is 5.32 Å². The van der Waals surface area contributed by atoms with Crippen LogP contribution >= 0.6 is 0 Å². The van der Waals surface area contributed by atoms with Gasteiger partial charge < -0.3 is 20.4 Å². The Kier molecular flexibility index (Phi) is 5.09. The van der Waals surface area contributed by atoms with E-state index in [1.54, 1.807) is 11.1 Å². The fraction of sp³-hybridized carbons (Fsp3) is 0.545. The van der Waals surface area contributed by atoms with Gasteiger partial charge in [0.2, 0.25) is 5.91 Å². The molecule has 29 heavy (non-hydrogen) atoms. The molecule has 3 aliphatic rings. The van der Waals surface area contributed by atoms with Crippen molar-refractivity contribution >= 4 is 23.4 Å². The topological polar surface area (TPSA) is 65.4 Å². The first-order valence-corrected chi connectivity index (χ1v) is 10.2. The maximum absolute atomic E-state index is 13.4. The summed E-state index contributed by atoms with van der Waals surface area (Å²) in [5.74, 6) is -2.95. The number of carbonyl (C=O) groups excluding carboxylic acids is 1. The predicted molar refractivity (Wildman–Crippen MR) is 109 cm³/mol. The Hall–Kier alpha value is -2.44. The molecule has 4 rings (SSSR count). The largest absolute Gasteiger partial charge is 0.492 e. The van der Waals surface area contributed by atoms with Gasteiger partial charge in [-0.25, -0.2) is 8.78 Å². The van der Waals surface area contributed by atoms with E-state index in [9.17, 15) is 13.6 Å². The Bertz CT molecular complexity index is 864. The van der Waals surface area contributed by atoms with Crippen LogP contribution in [0.15, 0.2) is 18.3 Å². The molecular weight excluding hydrogens is 376 g/mol. The number of nitrogens with one attached hydrogen (secondary N) is 2. The minimum atomic E-state index is -2.65. The van der Waals surface area contributed by atoms with E-state index in [2.05, 4.69) is 5.32 Å². The average molecular weight is 403 g/mol. The van der Waals surface area contributed by atoms with Gasteiger partial charge in [0.15, 0.2) is 0 Å². The second-order valence-electron chi connectivity index (χ2n) is 8.37. The van der Waals surface area contributed by atoms with Crippen molar-refractivity contribution in [3.8, 4) is 5.75 Å². The zero-order chi connectivity index (χ0) is 20.8. The Morgan fingerprint density at radius 3 is 2.69 bits per heavy atom. The highest BCUT2D eigenvalue weighted by atomic mass is 19.3. The van der Waals surface area contributed by atoms with E-state index in [0.29, 0.717) is 29.3 Å². The lowest BCUT2D eigenvalue weighted by atomic mass is 9.91. The molecular formula is C22H27F2N3O2. The number of hydrogen-bond acceptors (Lipinski definition) is 4. The van der Waals surface area contributed by atoms with E-state index in [4.69, 9.17) is 10.1 Å². The number of anilines is 1. The second kappa shape index (κ2) is 7.43. The van der Waals surface area contributed by atoms with Gasteiger partial charge in [0.25, 0.3) is 5.92 Å². The van der Waals surface area contributed by atoms with Gasteiger partial charge in [-0.05, 0) is 44.7 Å². The van der Waals surface area contributed by atoms with Crippen LogP contribution in [0.5, 0.6) is 5.75 Å². The summed E-state index contributed by atoms with van der Waals surface area (Å²) in [5, 5.41) is 11.1. The highest BCUT2D eigenvalue weighted by Crippen LogP contribution is 2.49. The van der Waals surface area contributed by atoms with Crippen LogP contribution in [0.4, 0.5) is 14.5 Å². The maximum atomic E-state index is 13.4. The third-order valence-corrected chi connectivity index (χ3v) is 5.99. The molecule has 1 aliphatic heterocycles. The number of benzene rings is 1. The highest BCUT2D eigenvalue weighted by molar-refractivity contribution is 6.10. The zero-order valence-electron chi connectivity index (χ0n) is 16.8. The molecule has 156 valence electrons. The number of amides is 1. The Morgan fingerprint density at radius 1 is 1.38 bits per heavy atom. The van der Waals surface area contributed by atoms with Crippen molar-refractivity contribution < 1.29 is 18.3 Å². The number of carbonyl (C=O) groups is 1. The average Bonchev–Trinajstić information content (AvgIpc) is 3.58. The first kappa shape index (κ1) is 19.9. The molecule has 2 N–H and O–H groups in total. The normalized spacial score (nSPS) is 25.2. The molecule has 2 atom stereocenters. The Labute approximate surface area is 169 Å². The molecule has 1 amide bonds. The number of rotatable bonds is 7. The van der Waals surface area contributed by atoms with Crippen LogP contribution in [0.1, 0.15) is 50.7 Å². The molecule has 2 saturated carbocycles. The standard InChI is InChI=1S/C22H27F2N3O2/c1-13-3-6-19-20(27(13)14(2)28)8-7-18(15(10-25)11-26-17-4-5-17)21(19)29-12-16-9-22(16,23)24/h7-8,10-11,13,16-17,25-26H,3-6,9,12H2,1-2H3/b15-11+,25-10?. The minimum Gasteiger partial charge on any atom is -0.492 e. The van der Waals surface area contributed by atoms with Crippen LogP contribution in [0, 0.1) is 11.3 Å². The lowest BCUT2D eigenvalue weighted by Gasteiger charge is -2.36. The number of alkyl halides is 2. The van der Waals surface area contributed by atoms with Crippen molar-refractivity contribution in [3.05, 3.63) is 29.5 Å². The van der Waals surface area contributed by atoms with Crippen LogP contribution in [0.2, 0.25) is 0 Å². The second-order valence-corrected chi connectivity index (χ2v) is 8.37. The van der Waals surface area contributed by atoms with E-state index >= 15 is 0 Å². The fourth-order valence-electron chi connectivity index (χ4n) is 3.97. The molecule has 0 aromatic heterocycles. The first-order valence-electron chi connectivity index (χ1n) is 10.2. The molecule has 0 spiro atoms. The molecule has 2 unspecified atom stereocenters. The highest BCUT2D eigenvalue weighted by Gasteiger charge is 2.57. The summed E-state index contributed by atoms with van der Waals surface area (Å²) in [7, 11) is 0. The van der Waals surface area contributed by atoms with Gasteiger partial charge in [0, 0.05) is 54.5 Å². The molecule has 1 heterocycles. The lowest BCUT2D eigenvalue weighted by Crippen LogP contribution is -2.41. The Balaban J connectivity index is 1.72. The molecule has 1 aromatic carbocycles. The van der Waals surface area contributed by atoms with Crippen LogP contribution in [-0.2, 0) is 11.2 Å². The van der Waals surface area contributed by atoms with Gasteiger partial charge in [0.1, 0.15) is 5.75 Å². The van der Waals surface area contributed by atoms with Gasteiger partial charge in [-0.3, -0.25) is 4.79 Å². The number of hydrogen-bond donors (Lipinski definition) is 2. The van der Waals surface area contributed by atoms with Crippen molar-refractivity contribution in [3.63, 3.8) is 0 Å². The molecule has 2 fully saturated rings. The van der Waals surface area contributed by atoms with Gasteiger partial charge in [-0.1, -0.05) is 0 Å². The molecule has 5 nitrogen and oxygen atoms in total. The van der Waals surface area contributed by atoms with Crippen LogP contribution in [-0.4, -0.2) is 36.7 Å². The molecule has 0 bridgehead atoms. The molecule has 0 saturated heterocycles. The van der Waals surface area contributed by atoms with Crippen molar-refractivity contribution in [1.29, 1.82) is 5.41 Å². The summed E-state index contributed by atoms with van der Waals surface area (Å²) in [6.07, 6.45) is 6.60. The number of allylic oxidation sites excluding steroid dienone is 1. The summed E-state index contributed by atoms with van der Waals surface area (Å²) in [6, 6.07) is 4.22. The minimum absolute atomic E-state index is 0.0518. The van der Waals surface area contributed by atoms with E-state index in [1.807, 2.05) is 19.1 Å². The summed E-state index contributed by atoms with van der Waals surface area (Å²) < 4.78 is 32.8. The van der Waals surface area contributed by atoms with E-state index < -0.39 is 11.8 Å². The van der Waals surface area contributed by atoms with Gasteiger partial charge in [-0.2, -0.15) is 0 Å². The third kappa shape index (κ3) is 4.00. The van der Waals surface area contributed by atoms with Gasteiger partial charge in [0.05, 0.1) is 18.2 Å². The molecule has 2 aliphatic carbocycles. The van der Waals surface area contributed by atoms with Gasteiger partial charge in [-0.15, -0.1) is 0 Å². The number of nitrogens with zero attached hydrogens (tertiary/aromatic N) is 1. The quantitative estimate of drug-likeness (QED) is 0.672. The number of halogens is 2. The summed E-state index contributed by atoms with van der Waals surface area (Å²) in [5.41, 5.74) is 2.98. The SMILES string of the molecule is CC(=O)N1c2ccc(/C(C=N)=C/NC3CC3)c(OCC3CC3(F)F)c2CCC1C. The van der Waals surface area contributed by atoms with Gasteiger partial charge >= 0.3 is 0 Å². The third-order valence-electron chi connectivity index (χ3n) is 5.99. The summed E-state index contributed by atoms with van der Waals surface area (Å²) >= 11 is 0. The van der Waals surface area contributed by atoms with E-state index in [-0.39, 0.29) is 25.0 Å². The lowest BCUT2D eigenvalue weighted by molar-refractivity contribution is -0.117. The monoisotopic (exact) mass is 403 g/mol. The van der Waals surface area contributed by atoms with Crippen LogP contribution < -0.4 is 15.0 Å². The maximum Gasteiger partial charge on any atom is 0.255 e. The van der Waals surface area contributed by atoms with Crippen molar-refractivity contribution in [2.45, 2.75) is 64.0 Å². The van der Waals surface area contributed by atoms with Crippen molar-refractivity contribution in [2.75, 3.05) is 11.5 Å². The molecule has 1 aromatic rings. The number of fused-ring (bicyclic) bond motifs is 1. The van der Waals surface area contributed by atoms with E-state index in [1.165, 1.54) is 13.1 Å². The first-order chi connectivity index (χ1) is 13.8. The zero-order valence-corrected chi connectivity index (χ0v) is 16.8. The predicted octanol–water partition coefficient (Wildman–Crippen LogP) is 4.15. The molecule has 7 heteroatoms. The Morgan fingerprint density at radius 2 is 2.10 bits per heavy atom. The smallest absolute Gasteiger partial charge is 0.255 e. The summed E-state index contributed by atoms with van der Waals surface area (Å²) in [6.45, 7) is 3.48. The summed E-state index contributed by atoms with van der Waals surface area (Å²) in [4.78, 5) is 14.0. The fourth-order valence-corrected chi connectivity index (χ4v) is 3.97.